The minimum Gasteiger partial charge on any atom is -0.496 e. The zero-order chi connectivity index (χ0) is 15.1. The first-order chi connectivity index (χ1) is 10.2. The van der Waals surface area contributed by atoms with Crippen LogP contribution in [-0.2, 0) is 13.1 Å². The Hall–Kier alpha value is -1.71. The first kappa shape index (κ1) is 15.7. The molecule has 0 aliphatic rings. The van der Waals surface area contributed by atoms with Crippen molar-refractivity contribution in [3.63, 3.8) is 0 Å². The highest BCUT2D eigenvalue weighted by atomic mass is 35.5. The van der Waals surface area contributed by atoms with Crippen LogP contribution in [0.3, 0.4) is 0 Å². The zero-order valence-corrected chi connectivity index (χ0v) is 13.1. The smallest absolute Gasteiger partial charge is 0.137 e. The van der Waals surface area contributed by atoms with E-state index < -0.39 is 0 Å². The molecule has 0 unspecified atom stereocenters. The molecule has 0 atom stereocenters. The molecule has 0 radical (unpaired) electrons. The van der Waals surface area contributed by atoms with Gasteiger partial charge in [0.05, 0.1) is 18.7 Å². The van der Waals surface area contributed by atoms with E-state index in [0.29, 0.717) is 11.6 Å². The standard InChI is InChI=1S/C17H20ClNO2/c1-3-21-17-9-8-13(10-15(17)18)11-19-12-14-6-4-5-7-16(14)20-2/h4-10,19H,3,11-12H2,1-2H3. The van der Waals surface area contributed by atoms with Crippen LogP contribution in [0.25, 0.3) is 0 Å². The van der Waals surface area contributed by atoms with Gasteiger partial charge in [0.2, 0.25) is 0 Å². The Balaban J connectivity index is 1.93. The molecule has 0 aliphatic heterocycles. The van der Waals surface area contributed by atoms with Crippen LogP contribution in [0, 0.1) is 0 Å². The van der Waals surface area contributed by atoms with Crippen LogP contribution in [0.4, 0.5) is 0 Å². The average molecular weight is 306 g/mol. The molecule has 3 nitrogen and oxygen atoms in total. The molecule has 0 spiro atoms. The first-order valence-electron chi connectivity index (χ1n) is 6.98. The monoisotopic (exact) mass is 305 g/mol. The van der Waals surface area contributed by atoms with Crippen molar-refractivity contribution in [1.29, 1.82) is 0 Å². The molecule has 0 heterocycles. The van der Waals surface area contributed by atoms with Gasteiger partial charge in [0.25, 0.3) is 0 Å². The van der Waals surface area contributed by atoms with E-state index >= 15 is 0 Å². The molecule has 0 amide bonds. The van der Waals surface area contributed by atoms with Gasteiger partial charge in [-0.2, -0.15) is 0 Å². The fourth-order valence-electron chi connectivity index (χ4n) is 2.12. The van der Waals surface area contributed by atoms with Crippen molar-refractivity contribution in [1.82, 2.24) is 5.32 Å². The first-order valence-corrected chi connectivity index (χ1v) is 7.36. The van der Waals surface area contributed by atoms with E-state index in [9.17, 15) is 0 Å². The van der Waals surface area contributed by atoms with Gasteiger partial charge in [-0.05, 0) is 30.7 Å². The third-order valence-corrected chi connectivity index (χ3v) is 3.43. The number of hydrogen-bond acceptors (Lipinski definition) is 3. The molecule has 4 heteroatoms. The molecule has 0 saturated heterocycles. The average Bonchev–Trinajstić information content (AvgIpc) is 2.50. The van der Waals surface area contributed by atoms with Crippen molar-refractivity contribution in [2.24, 2.45) is 0 Å². The third kappa shape index (κ3) is 4.38. The lowest BCUT2D eigenvalue weighted by Gasteiger charge is -2.11. The summed E-state index contributed by atoms with van der Waals surface area (Å²) in [6.45, 7) is 4.04. The van der Waals surface area contributed by atoms with Gasteiger partial charge < -0.3 is 14.8 Å². The second-order valence-electron chi connectivity index (χ2n) is 4.61. The summed E-state index contributed by atoms with van der Waals surface area (Å²) in [5.41, 5.74) is 2.26. The second kappa shape index (κ2) is 7.91. The van der Waals surface area contributed by atoms with Gasteiger partial charge in [-0.1, -0.05) is 35.9 Å². The molecular formula is C17H20ClNO2. The van der Waals surface area contributed by atoms with E-state index in [0.717, 1.165) is 35.7 Å². The van der Waals surface area contributed by atoms with Gasteiger partial charge in [0.15, 0.2) is 0 Å². The Kier molecular flexibility index (Phi) is 5.90. The lowest BCUT2D eigenvalue weighted by molar-refractivity contribution is 0.340. The van der Waals surface area contributed by atoms with Crippen LogP contribution in [0.15, 0.2) is 42.5 Å². The van der Waals surface area contributed by atoms with Gasteiger partial charge in [0.1, 0.15) is 11.5 Å². The number of rotatable bonds is 7. The number of ether oxygens (including phenoxy) is 2. The maximum absolute atomic E-state index is 6.18. The molecule has 1 N–H and O–H groups in total. The normalized spacial score (nSPS) is 10.4. The Morgan fingerprint density at radius 3 is 2.57 bits per heavy atom. The molecule has 2 aromatic carbocycles. The Morgan fingerprint density at radius 2 is 1.86 bits per heavy atom. The predicted octanol–water partition coefficient (Wildman–Crippen LogP) is 4.04. The second-order valence-corrected chi connectivity index (χ2v) is 5.02. The summed E-state index contributed by atoms with van der Waals surface area (Å²) in [6.07, 6.45) is 0. The fraction of sp³-hybridized carbons (Fsp3) is 0.294. The van der Waals surface area contributed by atoms with Crippen molar-refractivity contribution < 1.29 is 9.47 Å². The van der Waals surface area contributed by atoms with Crippen LogP contribution in [-0.4, -0.2) is 13.7 Å². The lowest BCUT2D eigenvalue weighted by Crippen LogP contribution is -2.13. The number of benzene rings is 2. The molecule has 0 aromatic heterocycles. The molecule has 0 aliphatic carbocycles. The van der Waals surface area contributed by atoms with Crippen LogP contribution >= 0.6 is 11.6 Å². The van der Waals surface area contributed by atoms with E-state index in [1.54, 1.807) is 7.11 Å². The highest BCUT2D eigenvalue weighted by molar-refractivity contribution is 6.32. The minimum absolute atomic E-state index is 0.616. The summed E-state index contributed by atoms with van der Waals surface area (Å²) >= 11 is 6.18. The topological polar surface area (TPSA) is 30.5 Å². The number of methoxy groups -OCH3 is 1. The van der Waals surface area contributed by atoms with Gasteiger partial charge in [-0.3, -0.25) is 0 Å². The maximum atomic E-state index is 6.18. The van der Waals surface area contributed by atoms with Crippen molar-refractivity contribution in [2.75, 3.05) is 13.7 Å². The van der Waals surface area contributed by atoms with E-state index in [2.05, 4.69) is 11.4 Å². The molecule has 112 valence electrons. The van der Waals surface area contributed by atoms with E-state index in [4.69, 9.17) is 21.1 Å². The summed E-state index contributed by atoms with van der Waals surface area (Å²) < 4.78 is 10.8. The predicted molar refractivity (Wildman–Crippen MR) is 86.2 cm³/mol. The fourth-order valence-corrected chi connectivity index (χ4v) is 2.38. The Bertz CT molecular complexity index is 587. The van der Waals surface area contributed by atoms with Crippen LogP contribution in [0.2, 0.25) is 5.02 Å². The number of hydrogen-bond donors (Lipinski definition) is 1. The quantitative estimate of drug-likeness (QED) is 0.837. The van der Waals surface area contributed by atoms with Crippen LogP contribution < -0.4 is 14.8 Å². The summed E-state index contributed by atoms with van der Waals surface area (Å²) in [5.74, 6) is 1.63. The molecule has 21 heavy (non-hydrogen) atoms. The number of para-hydroxylation sites is 1. The lowest BCUT2D eigenvalue weighted by atomic mass is 10.2. The van der Waals surface area contributed by atoms with Gasteiger partial charge >= 0.3 is 0 Å². The Labute approximate surface area is 130 Å². The van der Waals surface area contributed by atoms with Crippen molar-refractivity contribution in [3.05, 3.63) is 58.6 Å². The van der Waals surface area contributed by atoms with Crippen molar-refractivity contribution in [2.45, 2.75) is 20.0 Å². The highest BCUT2D eigenvalue weighted by Gasteiger charge is 2.04. The zero-order valence-electron chi connectivity index (χ0n) is 12.4. The molecule has 2 rings (SSSR count). The minimum atomic E-state index is 0.616. The van der Waals surface area contributed by atoms with E-state index in [-0.39, 0.29) is 0 Å². The van der Waals surface area contributed by atoms with Crippen LogP contribution in [0.1, 0.15) is 18.1 Å². The van der Waals surface area contributed by atoms with E-state index in [1.165, 1.54) is 0 Å². The maximum Gasteiger partial charge on any atom is 0.137 e. The summed E-state index contributed by atoms with van der Waals surface area (Å²) in [6, 6.07) is 13.9. The van der Waals surface area contributed by atoms with Gasteiger partial charge in [-0.25, -0.2) is 0 Å². The largest absolute Gasteiger partial charge is 0.496 e. The van der Waals surface area contributed by atoms with Gasteiger partial charge in [-0.15, -0.1) is 0 Å². The van der Waals surface area contributed by atoms with Gasteiger partial charge in [0, 0.05) is 18.7 Å². The molecule has 2 aromatic rings. The van der Waals surface area contributed by atoms with Crippen molar-refractivity contribution in [3.8, 4) is 11.5 Å². The Morgan fingerprint density at radius 1 is 1.05 bits per heavy atom. The summed E-state index contributed by atoms with van der Waals surface area (Å²) in [5, 5.41) is 4.04. The molecular weight excluding hydrogens is 286 g/mol. The molecule has 0 saturated carbocycles. The number of halogens is 1. The third-order valence-electron chi connectivity index (χ3n) is 3.13. The summed E-state index contributed by atoms with van der Waals surface area (Å²) in [4.78, 5) is 0. The van der Waals surface area contributed by atoms with Crippen LogP contribution in [0.5, 0.6) is 11.5 Å². The number of nitrogens with one attached hydrogen (secondary N) is 1. The SMILES string of the molecule is CCOc1ccc(CNCc2ccccc2OC)cc1Cl. The highest BCUT2D eigenvalue weighted by Crippen LogP contribution is 2.25. The summed E-state index contributed by atoms with van der Waals surface area (Å²) in [7, 11) is 1.69. The van der Waals surface area contributed by atoms with E-state index in [1.807, 2.05) is 43.3 Å². The molecule has 0 fully saturated rings. The van der Waals surface area contributed by atoms with Crippen molar-refractivity contribution >= 4 is 11.6 Å². The molecule has 0 bridgehead atoms.